The predicted molar refractivity (Wildman–Crippen MR) is 239 cm³/mol. The van der Waals surface area contributed by atoms with Gasteiger partial charge in [-0.05, 0) is 104 Å². The third-order valence-electron chi connectivity index (χ3n) is 10.8. The fourth-order valence-corrected chi connectivity index (χ4v) is 8.21. The van der Waals surface area contributed by atoms with Crippen LogP contribution >= 0.6 is 0 Å². The number of hydrogen-bond donors (Lipinski definition) is 0. The first kappa shape index (κ1) is 33.2. The van der Waals surface area contributed by atoms with E-state index < -0.39 is 0 Å². The number of para-hydroxylation sites is 2. The van der Waals surface area contributed by atoms with Gasteiger partial charge in [-0.15, -0.1) is 0 Å². The Hall–Kier alpha value is -7.42. The summed E-state index contributed by atoms with van der Waals surface area (Å²) in [5.41, 5.74) is 11.5. The molecule has 0 saturated carbocycles. The van der Waals surface area contributed by atoms with Crippen LogP contribution in [0.15, 0.2) is 231 Å². The van der Waals surface area contributed by atoms with E-state index in [0.29, 0.717) is 0 Å². The molecule has 10 aromatic rings. The Labute approximate surface area is 327 Å². The Morgan fingerprint density at radius 3 is 1.27 bits per heavy atom. The van der Waals surface area contributed by atoms with E-state index >= 15 is 0 Å². The maximum absolute atomic E-state index is 2.44. The first-order valence-electron chi connectivity index (χ1n) is 19.2. The van der Waals surface area contributed by atoms with E-state index in [2.05, 4.69) is 240 Å². The first-order valence-corrected chi connectivity index (χ1v) is 19.2. The highest BCUT2D eigenvalue weighted by atomic mass is 15.2. The number of rotatable bonds is 8. The third kappa shape index (κ3) is 6.04. The third-order valence-corrected chi connectivity index (χ3v) is 10.8. The Bertz CT molecular complexity index is 2910. The number of fused-ring (bicyclic) bond motifs is 3. The molecule has 0 N–H and O–H groups in total. The normalized spacial score (nSPS) is 11.2. The predicted octanol–water partition coefficient (Wildman–Crippen LogP) is 15.4. The van der Waals surface area contributed by atoms with Gasteiger partial charge in [-0.1, -0.05) is 170 Å². The highest BCUT2D eigenvalue weighted by molar-refractivity contribution is 6.10. The maximum atomic E-state index is 2.44. The molecule has 10 rings (SSSR count). The zero-order chi connectivity index (χ0) is 37.3. The van der Waals surface area contributed by atoms with Gasteiger partial charge in [0.1, 0.15) is 0 Å². The number of nitrogens with zero attached hydrogens (tertiary/aromatic N) is 2. The average Bonchev–Trinajstić information content (AvgIpc) is 3.28. The van der Waals surface area contributed by atoms with Gasteiger partial charge in [0, 0.05) is 33.5 Å². The number of benzene rings is 10. The van der Waals surface area contributed by atoms with E-state index in [-0.39, 0.29) is 0 Å². The van der Waals surface area contributed by atoms with Gasteiger partial charge in [0.2, 0.25) is 0 Å². The van der Waals surface area contributed by atoms with Crippen molar-refractivity contribution in [3.8, 4) is 22.3 Å². The van der Waals surface area contributed by atoms with E-state index in [1.807, 2.05) is 0 Å². The quantitative estimate of drug-likeness (QED) is 0.155. The zero-order valence-electron chi connectivity index (χ0n) is 30.8. The van der Waals surface area contributed by atoms with E-state index in [0.717, 1.165) is 39.5 Å². The van der Waals surface area contributed by atoms with Crippen LogP contribution in [0.25, 0.3) is 54.6 Å². The lowest BCUT2D eigenvalue weighted by molar-refractivity contribution is 1.28. The Morgan fingerprint density at radius 1 is 0.232 bits per heavy atom. The van der Waals surface area contributed by atoms with E-state index in [1.165, 1.54) is 49.2 Å². The van der Waals surface area contributed by atoms with Crippen LogP contribution in [0.5, 0.6) is 0 Å². The van der Waals surface area contributed by atoms with Crippen LogP contribution in [-0.4, -0.2) is 0 Å². The van der Waals surface area contributed by atoms with Crippen LogP contribution in [0.4, 0.5) is 34.1 Å². The van der Waals surface area contributed by atoms with Crippen molar-refractivity contribution >= 4 is 66.4 Å². The molecular weight excluding hydrogens is 677 g/mol. The molecular formula is C54H38N2. The molecule has 0 heterocycles. The number of hydrogen-bond acceptors (Lipinski definition) is 2. The Morgan fingerprint density at radius 2 is 0.661 bits per heavy atom. The summed E-state index contributed by atoms with van der Waals surface area (Å²) in [6.45, 7) is 0. The lowest BCUT2D eigenvalue weighted by Gasteiger charge is -2.31. The van der Waals surface area contributed by atoms with Crippen LogP contribution < -0.4 is 9.80 Å². The van der Waals surface area contributed by atoms with E-state index in [1.54, 1.807) is 0 Å². The minimum Gasteiger partial charge on any atom is -0.310 e. The van der Waals surface area contributed by atoms with Crippen molar-refractivity contribution in [2.75, 3.05) is 9.80 Å². The van der Waals surface area contributed by atoms with Crippen LogP contribution in [0.1, 0.15) is 0 Å². The van der Waals surface area contributed by atoms with Gasteiger partial charge in [0.15, 0.2) is 0 Å². The van der Waals surface area contributed by atoms with E-state index in [4.69, 9.17) is 0 Å². The minimum atomic E-state index is 1.09. The molecule has 0 bridgehead atoms. The fourth-order valence-electron chi connectivity index (χ4n) is 8.21. The molecule has 0 aliphatic heterocycles. The molecule has 0 radical (unpaired) electrons. The van der Waals surface area contributed by atoms with Gasteiger partial charge in [-0.25, -0.2) is 0 Å². The summed E-state index contributed by atoms with van der Waals surface area (Å²) in [5, 5.41) is 7.23. The monoisotopic (exact) mass is 714 g/mol. The summed E-state index contributed by atoms with van der Waals surface area (Å²) in [4.78, 5) is 4.80. The fraction of sp³-hybridized carbons (Fsp3) is 0. The molecule has 264 valence electrons. The summed E-state index contributed by atoms with van der Waals surface area (Å²) in [6.07, 6.45) is 0. The largest absolute Gasteiger partial charge is 0.310 e. The van der Waals surface area contributed by atoms with Crippen molar-refractivity contribution in [1.29, 1.82) is 0 Å². The SMILES string of the molecule is c1ccc(-c2ccc(N(c3cc(-c4cccc5ccccc45)c4ccccc4c3)c3ccc(N(c4ccccc4)c4ccccc4)c4ccccc34)cc2)cc1. The average molecular weight is 715 g/mol. The highest BCUT2D eigenvalue weighted by Gasteiger charge is 2.22. The molecule has 0 aliphatic carbocycles. The summed E-state index contributed by atoms with van der Waals surface area (Å²) < 4.78 is 0. The first-order chi connectivity index (χ1) is 27.8. The van der Waals surface area contributed by atoms with Crippen molar-refractivity contribution < 1.29 is 0 Å². The topological polar surface area (TPSA) is 6.48 Å². The van der Waals surface area contributed by atoms with Crippen LogP contribution in [-0.2, 0) is 0 Å². The summed E-state index contributed by atoms with van der Waals surface area (Å²) in [6, 6.07) is 83.2. The van der Waals surface area contributed by atoms with Gasteiger partial charge < -0.3 is 9.80 Å². The van der Waals surface area contributed by atoms with Crippen LogP contribution in [0.2, 0.25) is 0 Å². The molecule has 2 nitrogen and oxygen atoms in total. The van der Waals surface area contributed by atoms with Crippen molar-refractivity contribution in [2.24, 2.45) is 0 Å². The molecule has 0 saturated heterocycles. The minimum absolute atomic E-state index is 1.09. The summed E-state index contributed by atoms with van der Waals surface area (Å²) in [5.74, 6) is 0. The van der Waals surface area contributed by atoms with Gasteiger partial charge in [0.05, 0.1) is 11.4 Å². The standard InChI is InChI=1S/C54H38N2/c1-4-17-39(18-5-1)40-31-33-45(34-32-40)56(46-37-42-20-11-13-27-48(42)52(38-46)49-30-16-21-41-19-10-12-26-47(41)49)54-36-35-53(50-28-14-15-29-51(50)54)55(43-22-6-2-7-23-43)44-24-8-3-9-25-44/h1-38H. The maximum Gasteiger partial charge on any atom is 0.0541 e. The number of anilines is 6. The van der Waals surface area contributed by atoms with Crippen molar-refractivity contribution in [2.45, 2.75) is 0 Å². The molecule has 0 amide bonds. The van der Waals surface area contributed by atoms with Crippen molar-refractivity contribution in [1.82, 2.24) is 0 Å². The molecule has 2 heteroatoms. The second-order valence-corrected chi connectivity index (χ2v) is 14.1. The Kier molecular flexibility index (Phi) is 8.55. The molecule has 0 atom stereocenters. The molecule has 0 aliphatic rings. The molecule has 56 heavy (non-hydrogen) atoms. The molecule has 10 aromatic carbocycles. The van der Waals surface area contributed by atoms with Crippen LogP contribution in [0, 0.1) is 0 Å². The molecule has 0 fully saturated rings. The summed E-state index contributed by atoms with van der Waals surface area (Å²) in [7, 11) is 0. The van der Waals surface area contributed by atoms with E-state index in [9.17, 15) is 0 Å². The second kappa shape index (κ2) is 14.4. The lowest BCUT2D eigenvalue weighted by atomic mass is 9.93. The van der Waals surface area contributed by atoms with Crippen LogP contribution in [0.3, 0.4) is 0 Å². The van der Waals surface area contributed by atoms with Gasteiger partial charge in [-0.3, -0.25) is 0 Å². The second-order valence-electron chi connectivity index (χ2n) is 14.1. The zero-order valence-corrected chi connectivity index (χ0v) is 30.8. The summed E-state index contributed by atoms with van der Waals surface area (Å²) >= 11 is 0. The van der Waals surface area contributed by atoms with Gasteiger partial charge in [-0.2, -0.15) is 0 Å². The van der Waals surface area contributed by atoms with Gasteiger partial charge in [0.25, 0.3) is 0 Å². The van der Waals surface area contributed by atoms with Crippen molar-refractivity contribution in [3.63, 3.8) is 0 Å². The van der Waals surface area contributed by atoms with Crippen molar-refractivity contribution in [3.05, 3.63) is 231 Å². The Balaban J connectivity index is 1.23. The highest BCUT2D eigenvalue weighted by Crippen LogP contribution is 2.47. The smallest absolute Gasteiger partial charge is 0.0541 e. The lowest BCUT2D eigenvalue weighted by Crippen LogP contribution is -2.13. The molecule has 0 aromatic heterocycles. The van der Waals surface area contributed by atoms with Gasteiger partial charge >= 0.3 is 0 Å². The molecule has 0 unspecified atom stereocenters. The molecule has 0 spiro atoms.